The Kier molecular flexibility index (Phi) is 4.97. The van der Waals surface area contributed by atoms with Gasteiger partial charge in [0.05, 0.1) is 12.6 Å². The summed E-state index contributed by atoms with van der Waals surface area (Å²) in [6, 6.07) is 11.1. The van der Waals surface area contributed by atoms with Crippen LogP contribution in [0.25, 0.3) is 0 Å². The number of benzene rings is 2. The van der Waals surface area contributed by atoms with Gasteiger partial charge in [0.25, 0.3) is 0 Å². The molecule has 3 fully saturated rings. The van der Waals surface area contributed by atoms with Gasteiger partial charge in [-0.25, -0.2) is 13.6 Å². The molecule has 0 N–H and O–H groups in total. The third-order valence-electron chi connectivity index (χ3n) is 7.17. The SMILES string of the molecule is O=C(OCC12CCN(CC1)CC2)N1CCc2ccccc2[C@H]1c1cccc(F)c1F. The van der Waals surface area contributed by atoms with Crippen LogP contribution in [0.3, 0.4) is 0 Å². The molecule has 6 heteroatoms. The molecule has 2 aromatic rings. The lowest BCUT2D eigenvalue weighted by Gasteiger charge is -2.48. The summed E-state index contributed by atoms with van der Waals surface area (Å²) in [5, 5.41) is 0. The summed E-state index contributed by atoms with van der Waals surface area (Å²) in [6.07, 6.45) is 3.36. The first-order chi connectivity index (χ1) is 14.6. The number of halogens is 2. The van der Waals surface area contributed by atoms with Crippen molar-refractivity contribution >= 4 is 6.09 Å². The van der Waals surface area contributed by atoms with Gasteiger partial charge >= 0.3 is 6.09 Å². The number of hydrogen-bond acceptors (Lipinski definition) is 3. The Bertz CT molecular complexity index is 942. The van der Waals surface area contributed by atoms with Crippen molar-refractivity contribution in [3.05, 3.63) is 70.8 Å². The van der Waals surface area contributed by atoms with Crippen LogP contribution in [0, 0.1) is 17.0 Å². The van der Waals surface area contributed by atoms with E-state index in [9.17, 15) is 13.6 Å². The molecule has 0 saturated carbocycles. The second kappa shape index (κ2) is 7.65. The van der Waals surface area contributed by atoms with E-state index >= 15 is 0 Å². The first-order valence-corrected chi connectivity index (χ1v) is 10.7. The molecule has 6 rings (SSSR count). The van der Waals surface area contributed by atoms with Crippen molar-refractivity contribution in [1.29, 1.82) is 0 Å². The number of rotatable bonds is 3. The maximum Gasteiger partial charge on any atom is 0.410 e. The number of fused-ring (bicyclic) bond motifs is 4. The average molecular weight is 412 g/mol. The lowest BCUT2D eigenvalue weighted by molar-refractivity contribution is -0.0301. The zero-order valence-corrected chi connectivity index (χ0v) is 16.9. The summed E-state index contributed by atoms with van der Waals surface area (Å²) in [7, 11) is 0. The van der Waals surface area contributed by atoms with E-state index in [4.69, 9.17) is 4.74 Å². The Hall–Kier alpha value is -2.47. The van der Waals surface area contributed by atoms with E-state index in [1.165, 1.54) is 6.07 Å². The Balaban J connectivity index is 1.42. The third kappa shape index (κ3) is 3.37. The summed E-state index contributed by atoms with van der Waals surface area (Å²) in [5.74, 6) is -1.81. The predicted octanol–water partition coefficient (Wildman–Crippen LogP) is 4.53. The number of hydrogen-bond donors (Lipinski definition) is 0. The average Bonchev–Trinajstić information content (AvgIpc) is 2.80. The molecular weight excluding hydrogens is 386 g/mol. The van der Waals surface area contributed by atoms with Crippen LogP contribution < -0.4 is 0 Å². The summed E-state index contributed by atoms with van der Waals surface area (Å²) < 4.78 is 34.6. The molecule has 30 heavy (non-hydrogen) atoms. The van der Waals surface area contributed by atoms with Gasteiger partial charge in [-0.1, -0.05) is 36.4 Å². The van der Waals surface area contributed by atoms with Crippen LogP contribution in [0.4, 0.5) is 13.6 Å². The second-order valence-electron chi connectivity index (χ2n) is 8.83. The highest BCUT2D eigenvalue weighted by molar-refractivity contribution is 5.70. The summed E-state index contributed by atoms with van der Waals surface area (Å²) in [6.45, 7) is 4.00. The van der Waals surface area contributed by atoms with Crippen molar-refractivity contribution in [3.63, 3.8) is 0 Å². The van der Waals surface area contributed by atoms with Crippen molar-refractivity contribution in [2.75, 3.05) is 32.8 Å². The van der Waals surface area contributed by atoms with Gasteiger partial charge in [-0.15, -0.1) is 0 Å². The number of nitrogens with zero attached hydrogens (tertiary/aromatic N) is 2. The van der Waals surface area contributed by atoms with Gasteiger partial charge in [-0.2, -0.15) is 0 Å². The highest BCUT2D eigenvalue weighted by Gasteiger charge is 2.41. The molecule has 0 spiro atoms. The smallest absolute Gasteiger partial charge is 0.410 e. The lowest BCUT2D eigenvalue weighted by Crippen LogP contribution is -2.51. The zero-order chi connectivity index (χ0) is 20.7. The Labute approximate surface area is 175 Å². The molecule has 158 valence electrons. The van der Waals surface area contributed by atoms with Crippen molar-refractivity contribution < 1.29 is 18.3 Å². The molecule has 0 aromatic heterocycles. The topological polar surface area (TPSA) is 32.8 Å². The van der Waals surface area contributed by atoms with Crippen LogP contribution in [-0.4, -0.2) is 48.7 Å². The van der Waals surface area contributed by atoms with Gasteiger partial charge in [0.15, 0.2) is 11.6 Å². The van der Waals surface area contributed by atoms with Gasteiger partial charge in [-0.3, -0.25) is 4.90 Å². The highest BCUT2D eigenvalue weighted by atomic mass is 19.2. The van der Waals surface area contributed by atoms with Crippen LogP contribution in [-0.2, 0) is 11.2 Å². The fraction of sp³-hybridized carbons (Fsp3) is 0.458. The quantitative estimate of drug-likeness (QED) is 0.742. The van der Waals surface area contributed by atoms with Gasteiger partial charge in [0, 0.05) is 17.5 Å². The summed E-state index contributed by atoms with van der Waals surface area (Å²) in [5.41, 5.74) is 2.11. The van der Waals surface area contributed by atoms with E-state index in [0.29, 0.717) is 19.6 Å². The molecule has 4 aliphatic rings. The predicted molar refractivity (Wildman–Crippen MR) is 109 cm³/mol. The van der Waals surface area contributed by atoms with Crippen LogP contribution in [0.5, 0.6) is 0 Å². The highest BCUT2D eigenvalue weighted by Crippen LogP contribution is 2.41. The summed E-state index contributed by atoms with van der Waals surface area (Å²) in [4.78, 5) is 17.2. The minimum absolute atomic E-state index is 0.0672. The molecule has 4 aliphatic heterocycles. The fourth-order valence-electron chi connectivity index (χ4n) is 5.24. The standard InChI is InChI=1S/C24H26F2N2O2/c25-20-7-3-6-19(21(20)26)22-18-5-2-1-4-17(18)8-12-28(22)23(29)30-16-24-9-13-27(14-10-24)15-11-24/h1-7,22H,8-16H2/t22-/m0/s1. The molecule has 0 unspecified atom stereocenters. The Morgan fingerprint density at radius 3 is 2.43 bits per heavy atom. The van der Waals surface area contributed by atoms with Gasteiger partial charge < -0.3 is 9.64 Å². The molecular formula is C24H26F2N2O2. The van der Waals surface area contributed by atoms with Crippen LogP contribution in [0.15, 0.2) is 42.5 Å². The van der Waals surface area contributed by atoms with Crippen molar-refractivity contribution in [3.8, 4) is 0 Å². The number of carbonyl (C=O) groups is 1. The van der Waals surface area contributed by atoms with E-state index in [-0.39, 0.29) is 11.0 Å². The fourth-order valence-corrected chi connectivity index (χ4v) is 5.24. The molecule has 0 aliphatic carbocycles. The normalized spacial score (nSPS) is 27.6. The molecule has 1 atom stereocenters. The van der Waals surface area contributed by atoms with Gasteiger partial charge in [0.2, 0.25) is 0 Å². The van der Waals surface area contributed by atoms with E-state index in [2.05, 4.69) is 4.90 Å². The minimum Gasteiger partial charge on any atom is -0.449 e. The van der Waals surface area contributed by atoms with E-state index in [0.717, 1.165) is 56.1 Å². The van der Waals surface area contributed by atoms with Crippen LogP contribution in [0.2, 0.25) is 0 Å². The largest absolute Gasteiger partial charge is 0.449 e. The number of ether oxygens (including phenoxy) is 1. The second-order valence-corrected chi connectivity index (χ2v) is 8.83. The molecule has 4 nitrogen and oxygen atoms in total. The van der Waals surface area contributed by atoms with Crippen LogP contribution >= 0.6 is 0 Å². The van der Waals surface area contributed by atoms with Crippen molar-refractivity contribution in [2.24, 2.45) is 5.41 Å². The van der Waals surface area contributed by atoms with Crippen molar-refractivity contribution in [1.82, 2.24) is 9.80 Å². The molecule has 0 radical (unpaired) electrons. The number of amides is 1. The van der Waals surface area contributed by atoms with E-state index in [1.807, 2.05) is 24.3 Å². The zero-order valence-electron chi connectivity index (χ0n) is 16.9. The van der Waals surface area contributed by atoms with E-state index < -0.39 is 23.8 Å². The first kappa shape index (κ1) is 19.5. The molecule has 1 amide bonds. The molecule has 2 bridgehead atoms. The molecule has 4 heterocycles. The van der Waals surface area contributed by atoms with Crippen molar-refractivity contribution in [2.45, 2.75) is 31.7 Å². The van der Waals surface area contributed by atoms with Gasteiger partial charge in [-0.05, 0) is 62.5 Å². The maximum absolute atomic E-state index is 14.8. The number of carbonyl (C=O) groups excluding carboxylic acids is 1. The summed E-state index contributed by atoms with van der Waals surface area (Å²) >= 11 is 0. The Morgan fingerprint density at radius 2 is 1.67 bits per heavy atom. The van der Waals surface area contributed by atoms with E-state index in [1.54, 1.807) is 11.0 Å². The minimum atomic E-state index is -0.907. The molecule has 3 saturated heterocycles. The third-order valence-corrected chi connectivity index (χ3v) is 7.17. The van der Waals surface area contributed by atoms with Gasteiger partial charge in [0.1, 0.15) is 0 Å². The first-order valence-electron chi connectivity index (χ1n) is 10.7. The number of piperidine rings is 3. The Morgan fingerprint density at radius 1 is 0.967 bits per heavy atom. The van der Waals surface area contributed by atoms with Crippen LogP contribution in [0.1, 0.15) is 42.0 Å². The monoisotopic (exact) mass is 412 g/mol. The lowest BCUT2D eigenvalue weighted by atomic mass is 9.73. The molecule has 2 aromatic carbocycles. The maximum atomic E-state index is 14.8.